The lowest BCUT2D eigenvalue weighted by Gasteiger charge is -2.23. The summed E-state index contributed by atoms with van der Waals surface area (Å²) in [5.41, 5.74) is 0. The Kier molecular flexibility index (Phi) is 5.27. The summed E-state index contributed by atoms with van der Waals surface area (Å²) in [5.74, 6) is -2.23. The topological polar surface area (TPSA) is 73.8 Å². The number of carbonyl (C=O) groups is 2. The molecule has 0 aromatic heterocycles. The number of hydrogen-bond acceptors (Lipinski definition) is 3. The van der Waals surface area contributed by atoms with E-state index in [1.54, 1.807) is 0 Å². The zero-order valence-electron chi connectivity index (χ0n) is 12.7. The highest BCUT2D eigenvalue weighted by Crippen LogP contribution is 2.31. The highest BCUT2D eigenvalue weighted by atomic mass is 19.4. The Morgan fingerprint density at radius 1 is 1.52 bits per heavy atom. The zero-order chi connectivity index (χ0) is 17.0. The van der Waals surface area contributed by atoms with Crippen molar-refractivity contribution in [2.24, 2.45) is 10.9 Å². The number of nitrogens with one attached hydrogen (secondary N) is 2. The third-order valence-corrected chi connectivity index (χ3v) is 3.79. The number of urea groups is 1. The van der Waals surface area contributed by atoms with Gasteiger partial charge in [-0.2, -0.15) is 13.2 Å². The standard InChI is InChI=1S/C14H19F3N4O2/c1-2-3-10-7-19-13(23)21(10)8-12(22)20-11-6-9(4-5-18-11)14(15,16)17/h4-5,9-10H,2-3,6-8H2,1H3,(H,19,23)(H,18,20,22)/t9?,10-/m0/s1. The van der Waals surface area contributed by atoms with Crippen LogP contribution >= 0.6 is 0 Å². The molecule has 3 amide bonds. The van der Waals surface area contributed by atoms with Gasteiger partial charge in [-0.15, -0.1) is 0 Å². The Balaban J connectivity index is 1.91. The number of hydrogen-bond donors (Lipinski definition) is 2. The summed E-state index contributed by atoms with van der Waals surface area (Å²) < 4.78 is 38.1. The molecule has 23 heavy (non-hydrogen) atoms. The summed E-state index contributed by atoms with van der Waals surface area (Å²) in [6.07, 6.45) is -1.16. The summed E-state index contributed by atoms with van der Waals surface area (Å²) in [5, 5.41) is 5.03. The fourth-order valence-electron chi connectivity index (χ4n) is 2.60. The molecule has 9 heteroatoms. The lowest BCUT2D eigenvalue weighted by atomic mass is 10.0. The summed E-state index contributed by atoms with van der Waals surface area (Å²) in [6.45, 7) is 2.25. The van der Waals surface area contributed by atoms with Crippen molar-refractivity contribution >= 4 is 17.8 Å². The van der Waals surface area contributed by atoms with Crippen molar-refractivity contribution in [1.29, 1.82) is 0 Å². The molecule has 2 heterocycles. The first-order valence-corrected chi connectivity index (χ1v) is 7.45. The Bertz CT molecular complexity index is 531. The van der Waals surface area contributed by atoms with Crippen LogP contribution < -0.4 is 10.6 Å². The van der Waals surface area contributed by atoms with Crippen LogP contribution in [0.4, 0.5) is 18.0 Å². The lowest BCUT2D eigenvalue weighted by Crippen LogP contribution is -2.45. The third kappa shape index (κ3) is 4.46. The Morgan fingerprint density at radius 2 is 2.26 bits per heavy atom. The molecule has 0 aromatic carbocycles. The van der Waals surface area contributed by atoms with E-state index in [9.17, 15) is 22.8 Å². The molecule has 6 nitrogen and oxygen atoms in total. The first kappa shape index (κ1) is 17.3. The molecular weight excluding hydrogens is 313 g/mol. The summed E-state index contributed by atoms with van der Waals surface area (Å²) in [4.78, 5) is 28.9. The van der Waals surface area contributed by atoms with Crippen molar-refractivity contribution in [3.63, 3.8) is 0 Å². The summed E-state index contributed by atoms with van der Waals surface area (Å²) >= 11 is 0. The highest BCUT2D eigenvalue weighted by molar-refractivity contribution is 6.00. The van der Waals surface area contributed by atoms with E-state index in [1.165, 1.54) is 4.90 Å². The predicted molar refractivity (Wildman–Crippen MR) is 77.7 cm³/mol. The zero-order valence-corrected chi connectivity index (χ0v) is 12.7. The minimum absolute atomic E-state index is 0.0357. The van der Waals surface area contributed by atoms with Crippen molar-refractivity contribution in [1.82, 2.24) is 15.5 Å². The van der Waals surface area contributed by atoms with Crippen molar-refractivity contribution in [3.8, 4) is 0 Å². The normalized spacial score (nSPS) is 24.4. The Morgan fingerprint density at radius 3 is 2.91 bits per heavy atom. The van der Waals surface area contributed by atoms with Gasteiger partial charge < -0.3 is 15.5 Å². The van der Waals surface area contributed by atoms with Crippen LogP contribution in [0.1, 0.15) is 26.2 Å². The maximum absolute atomic E-state index is 12.7. The van der Waals surface area contributed by atoms with Crippen LogP contribution in [-0.2, 0) is 4.79 Å². The number of aliphatic imine (C=N–C) groups is 1. The van der Waals surface area contributed by atoms with Gasteiger partial charge in [-0.25, -0.2) is 9.79 Å². The van der Waals surface area contributed by atoms with Crippen LogP contribution in [0.5, 0.6) is 0 Å². The van der Waals surface area contributed by atoms with Gasteiger partial charge >= 0.3 is 12.2 Å². The summed E-state index contributed by atoms with van der Waals surface area (Å²) in [6, 6.07) is -0.411. The molecule has 0 saturated carbocycles. The summed E-state index contributed by atoms with van der Waals surface area (Å²) in [7, 11) is 0. The second kappa shape index (κ2) is 7.01. The van der Waals surface area contributed by atoms with Gasteiger partial charge in [0.2, 0.25) is 5.91 Å². The lowest BCUT2D eigenvalue weighted by molar-refractivity contribution is -0.159. The number of halogens is 3. The largest absolute Gasteiger partial charge is 0.395 e. The molecular formula is C14H19F3N4O2. The van der Waals surface area contributed by atoms with Crippen molar-refractivity contribution < 1.29 is 22.8 Å². The van der Waals surface area contributed by atoms with Gasteiger partial charge in [-0.1, -0.05) is 19.4 Å². The molecule has 0 aliphatic carbocycles. The number of carbonyl (C=O) groups excluding carboxylic acids is 2. The quantitative estimate of drug-likeness (QED) is 0.824. The van der Waals surface area contributed by atoms with E-state index in [-0.39, 0.29) is 24.5 Å². The van der Waals surface area contributed by atoms with Gasteiger partial charge in [0.15, 0.2) is 0 Å². The number of allylic oxidation sites excluding steroid dienone is 1. The number of nitrogens with zero attached hydrogens (tertiary/aromatic N) is 2. The van der Waals surface area contributed by atoms with Crippen molar-refractivity contribution in [2.75, 3.05) is 13.1 Å². The molecule has 0 bridgehead atoms. The maximum Gasteiger partial charge on any atom is 0.395 e. The molecule has 0 radical (unpaired) electrons. The number of rotatable bonds is 4. The maximum atomic E-state index is 12.7. The first-order valence-electron chi connectivity index (χ1n) is 7.45. The molecule has 1 unspecified atom stereocenters. The molecule has 2 rings (SSSR count). The van der Waals surface area contributed by atoms with Gasteiger partial charge in [-0.05, 0) is 6.42 Å². The number of alkyl halides is 3. The van der Waals surface area contributed by atoms with Gasteiger partial charge in [0.05, 0.1) is 12.0 Å². The second-order valence-corrected chi connectivity index (χ2v) is 5.57. The third-order valence-electron chi connectivity index (χ3n) is 3.79. The molecule has 1 saturated heterocycles. The average Bonchev–Trinajstić information content (AvgIpc) is 2.80. The second-order valence-electron chi connectivity index (χ2n) is 5.57. The molecule has 0 aromatic rings. The van der Waals surface area contributed by atoms with Gasteiger partial charge in [0, 0.05) is 19.2 Å². The van der Waals surface area contributed by atoms with E-state index in [4.69, 9.17) is 0 Å². The molecule has 2 aliphatic heterocycles. The van der Waals surface area contributed by atoms with Crippen LogP contribution in [0.3, 0.4) is 0 Å². The molecule has 2 N–H and O–H groups in total. The van der Waals surface area contributed by atoms with E-state index in [0.717, 1.165) is 25.1 Å². The van der Waals surface area contributed by atoms with E-state index in [1.807, 2.05) is 6.92 Å². The first-order chi connectivity index (χ1) is 10.8. The van der Waals surface area contributed by atoms with E-state index >= 15 is 0 Å². The Labute approximate surface area is 131 Å². The molecule has 128 valence electrons. The van der Waals surface area contributed by atoms with Gasteiger partial charge in [0.25, 0.3) is 0 Å². The van der Waals surface area contributed by atoms with Crippen molar-refractivity contribution in [2.45, 2.75) is 38.4 Å². The highest BCUT2D eigenvalue weighted by Gasteiger charge is 2.39. The molecule has 1 fully saturated rings. The Hall–Kier alpha value is -2.06. The average molecular weight is 332 g/mol. The van der Waals surface area contributed by atoms with Crippen molar-refractivity contribution in [3.05, 3.63) is 12.3 Å². The molecule has 2 aliphatic rings. The van der Waals surface area contributed by atoms with Crippen LogP contribution in [0.15, 0.2) is 17.3 Å². The molecule has 0 spiro atoms. The van der Waals surface area contributed by atoms with Crippen LogP contribution in [0.2, 0.25) is 0 Å². The van der Waals surface area contributed by atoms with E-state index in [2.05, 4.69) is 15.6 Å². The van der Waals surface area contributed by atoms with E-state index < -0.39 is 24.4 Å². The van der Waals surface area contributed by atoms with E-state index in [0.29, 0.717) is 6.54 Å². The predicted octanol–water partition coefficient (Wildman–Crippen LogP) is 1.79. The number of amides is 3. The monoisotopic (exact) mass is 332 g/mol. The van der Waals surface area contributed by atoms with Crippen LogP contribution in [-0.4, -0.2) is 48.0 Å². The van der Waals surface area contributed by atoms with Crippen LogP contribution in [0.25, 0.3) is 0 Å². The smallest absolute Gasteiger partial charge is 0.336 e. The minimum Gasteiger partial charge on any atom is -0.336 e. The fourth-order valence-corrected chi connectivity index (χ4v) is 2.60. The minimum atomic E-state index is -4.37. The molecule has 2 atom stereocenters. The van der Waals surface area contributed by atoms with Gasteiger partial charge in [0.1, 0.15) is 12.4 Å². The van der Waals surface area contributed by atoms with Gasteiger partial charge in [-0.3, -0.25) is 4.79 Å². The van der Waals surface area contributed by atoms with Crippen LogP contribution in [0, 0.1) is 5.92 Å². The fraction of sp³-hybridized carbons (Fsp3) is 0.643. The SMILES string of the molecule is CCC[C@H]1CNC(=O)N1CC(=O)NC1=NC=CC(C(F)(F)F)C1. The number of amidine groups is 1.